The molecule has 8 heteroatoms. The van der Waals surface area contributed by atoms with E-state index in [9.17, 15) is 19.5 Å². The lowest BCUT2D eigenvalue weighted by molar-refractivity contribution is -0.129. The van der Waals surface area contributed by atoms with Crippen LogP contribution in [0.2, 0.25) is 0 Å². The van der Waals surface area contributed by atoms with Gasteiger partial charge in [-0.15, -0.1) is 0 Å². The first-order chi connectivity index (χ1) is 14.3. The van der Waals surface area contributed by atoms with Gasteiger partial charge in [0, 0.05) is 37.5 Å². The number of aromatic hydroxyl groups is 1. The number of nitrogens with two attached hydrogens (primary N) is 1. The van der Waals surface area contributed by atoms with Crippen LogP contribution < -0.4 is 16.5 Å². The summed E-state index contributed by atoms with van der Waals surface area (Å²) in [5, 5.41) is 13.1. The summed E-state index contributed by atoms with van der Waals surface area (Å²) in [5.41, 5.74) is 4.90. The lowest BCUT2D eigenvalue weighted by Crippen LogP contribution is -2.48. The first-order valence-corrected chi connectivity index (χ1v) is 9.85. The first kappa shape index (κ1) is 21.6. The molecule has 3 rings (SSSR count). The van der Waals surface area contributed by atoms with Crippen LogP contribution in [0.5, 0.6) is 5.75 Å². The Morgan fingerprint density at radius 2 is 1.90 bits per heavy atom. The number of carbonyl (C=O) groups is 2. The highest BCUT2D eigenvalue weighted by Gasteiger charge is 2.42. The summed E-state index contributed by atoms with van der Waals surface area (Å²) >= 11 is 0. The predicted molar refractivity (Wildman–Crippen MR) is 109 cm³/mol. The van der Waals surface area contributed by atoms with Crippen molar-refractivity contribution in [1.29, 1.82) is 0 Å². The van der Waals surface area contributed by atoms with Gasteiger partial charge in [-0.1, -0.05) is 30.3 Å². The van der Waals surface area contributed by atoms with Gasteiger partial charge in [-0.05, 0) is 25.3 Å². The zero-order valence-corrected chi connectivity index (χ0v) is 16.8. The Morgan fingerprint density at radius 3 is 2.53 bits per heavy atom. The lowest BCUT2D eigenvalue weighted by atomic mass is 9.74. The van der Waals surface area contributed by atoms with Gasteiger partial charge in [-0.3, -0.25) is 14.4 Å². The highest BCUT2D eigenvalue weighted by atomic mass is 16.5. The Kier molecular flexibility index (Phi) is 6.56. The Labute approximate surface area is 174 Å². The minimum atomic E-state index is -0.910. The molecule has 2 heterocycles. The third-order valence-corrected chi connectivity index (χ3v) is 5.44. The smallest absolute Gasteiger partial charge is 0.240 e. The number of hydrogen-bond donors (Lipinski definition) is 3. The van der Waals surface area contributed by atoms with Crippen molar-refractivity contribution in [3.63, 3.8) is 0 Å². The molecule has 0 spiro atoms. The Hall–Kier alpha value is -3.13. The second kappa shape index (κ2) is 9.13. The molecule has 1 aromatic heterocycles. The van der Waals surface area contributed by atoms with Crippen molar-refractivity contribution in [1.82, 2.24) is 5.32 Å². The monoisotopic (exact) mass is 414 g/mol. The Morgan fingerprint density at radius 1 is 1.23 bits per heavy atom. The molecule has 30 heavy (non-hydrogen) atoms. The molecular formula is C22H26N2O6. The predicted octanol–water partition coefficient (Wildman–Crippen LogP) is 1.30. The minimum Gasteiger partial charge on any atom is -0.502 e. The number of benzene rings is 1. The van der Waals surface area contributed by atoms with Gasteiger partial charge in [0.25, 0.3) is 0 Å². The van der Waals surface area contributed by atoms with Gasteiger partial charge in [0.05, 0.1) is 0 Å². The average Bonchev–Trinajstić information content (AvgIpc) is 2.71. The van der Waals surface area contributed by atoms with E-state index in [1.165, 1.54) is 6.07 Å². The molecule has 0 saturated carbocycles. The summed E-state index contributed by atoms with van der Waals surface area (Å²) in [5.74, 6) is -1.12. The standard InChI is InChI=1S/C22H26N2O6/c1-14-11-17(25)19(27)20(30-14)22(7-9-29-10-8-22)13-18(26)24-16(21(23)28)12-15-5-3-2-4-6-15/h2-6,11,16,27H,7-10,12-13H2,1H3,(H2,23,28)(H,24,26). The fraction of sp³-hybridized carbons (Fsp3) is 0.409. The lowest BCUT2D eigenvalue weighted by Gasteiger charge is -2.36. The molecular weight excluding hydrogens is 388 g/mol. The van der Waals surface area contributed by atoms with Crippen LogP contribution in [-0.2, 0) is 26.2 Å². The molecule has 2 amide bonds. The maximum absolute atomic E-state index is 12.9. The molecule has 1 aliphatic heterocycles. The topological polar surface area (TPSA) is 132 Å². The fourth-order valence-corrected chi connectivity index (χ4v) is 3.83. The maximum Gasteiger partial charge on any atom is 0.240 e. The third kappa shape index (κ3) is 4.88. The zero-order chi connectivity index (χ0) is 21.7. The van der Waals surface area contributed by atoms with E-state index in [0.717, 1.165) is 5.56 Å². The highest BCUT2D eigenvalue weighted by Crippen LogP contribution is 2.41. The number of rotatable bonds is 7. The van der Waals surface area contributed by atoms with E-state index in [1.807, 2.05) is 30.3 Å². The van der Waals surface area contributed by atoms with Crippen molar-refractivity contribution in [2.75, 3.05) is 13.2 Å². The Bertz CT molecular complexity index is 963. The molecule has 8 nitrogen and oxygen atoms in total. The van der Waals surface area contributed by atoms with Crippen LogP contribution in [-0.4, -0.2) is 36.2 Å². The van der Waals surface area contributed by atoms with Crippen molar-refractivity contribution in [2.24, 2.45) is 5.73 Å². The van der Waals surface area contributed by atoms with E-state index in [4.69, 9.17) is 14.9 Å². The average molecular weight is 414 g/mol. The molecule has 1 aliphatic rings. The number of ether oxygens (including phenoxy) is 1. The van der Waals surface area contributed by atoms with E-state index in [-0.39, 0.29) is 18.6 Å². The van der Waals surface area contributed by atoms with E-state index in [2.05, 4.69) is 5.32 Å². The summed E-state index contributed by atoms with van der Waals surface area (Å²) in [6.07, 6.45) is 0.971. The SMILES string of the molecule is Cc1cc(=O)c(O)c(C2(CC(=O)NC(Cc3ccccc3)C(N)=O)CCOCC2)o1. The van der Waals surface area contributed by atoms with Crippen LogP contribution in [0.25, 0.3) is 0 Å². The molecule has 1 aromatic carbocycles. The van der Waals surface area contributed by atoms with Crippen LogP contribution in [0.4, 0.5) is 0 Å². The molecule has 160 valence electrons. The van der Waals surface area contributed by atoms with Crippen molar-refractivity contribution >= 4 is 11.8 Å². The van der Waals surface area contributed by atoms with Crippen molar-refractivity contribution < 1.29 is 23.8 Å². The Balaban J connectivity index is 1.83. The minimum absolute atomic E-state index is 0.0745. The molecule has 1 unspecified atom stereocenters. The summed E-state index contributed by atoms with van der Waals surface area (Å²) in [4.78, 5) is 36.9. The number of hydrogen-bond acceptors (Lipinski definition) is 6. The first-order valence-electron chi connectivity index (χ1n) is 9.85. The molecule has 0 aliphatic carbocycles. The summed E-state index contributed by atoms with van der Waals surface area (Å²) in [7, 11) is 0. The maximum atomic E-state index is 12.9. The number of amides is 2. The van der Waals surface area contributed by atoms with Crippen molar-refractivity contribution in [3.05, 3.63) is 63.7 Å². The van der Waals surface area contributed by atoms with Crippen LogP contribution in [0, 0.1) is 6.92 Å². The highest BCUT2D eigenvalue weighted by molar-refractivity contribution is 5.87. The van der Waals surface area contributed by atoms with E-state index in [0.29, 0.717) is 31.8 Å². The third-order valence-electron chi connectivity index (χ3n) is 5.44. The fourth-order valence-electron chi connectivity index (χ4n) is 3.83. The van der Waals surface area contributed by atoms with Crippen LogP contribution >= 0.6 is 0 Å². The second-order valence-corrected chi connectivity index (χ2v) is 7.68. The van der Waals surface area contributed by atoms with E-state index < -0.39 is 34.4 Å². The van der Waals surface area contributed by atoms with Gasteiger partial charge < -0.3 is 25.3 Å². The largest absolute Gasteiger partial charge is 0.502 e. The van der Waals surface area contributed by atoms with Gasteiger partial charge in [0.1, 0.15) is 11.8 Å². The van der Waals surface area contributed by atoms with E-state index in [1.54, 1.807) is 6.92 Å². The summed E-state index contributed by atoms with van der Waals surface area (Å²) in [6.45, 7) is 2.32. The zero-order valence-electron chi connectivity index (χ0n) is 16.8. The number of primary amides is 1. The quantitative estimate of drug-likeness (QED) is 0.626. The van der Waals surface area contributed by atoms with Crippen LogP contribution in [0.3, 0.4) is 0 Å². The molecule has 2 aromatic rings. The molecule has 1 fully saturated rings. The van der Waals surface area contributed by atoms with Gasteiger partial charge in [0.2, 0.25) is 23.0 Å². The normalized spacial score (nSPS) is 16.6. The van der Waals surface area contributed by atoms with Crippen molar-refractivity contribution in [2.45, 2.75) is 44.1 Å². The van der Waals surface area contributed by atoms with Gasteiger partial charge >= 0.3 is 0 Å². The van der Waals surface area contributed by atoms with E-state index >= 15 is 0 Å². The molecule has 1 atom stereocenters. The summed E-state index contributed by atoms with van der Waals surface area (Å²) < 4.78 is 11.1. The summed E-state index contributed by atoms with van der Waals surface area (Å²) in [6, 6.07) is 9.56. The van der Waals surface area contributed by atoms with Crippen molar-refractivity contribution in [3.8, 4) is 5.75 Å². The van der Waals surface area contributed by atoms with Gasteiger partial charge in [0.15, 0.2) is 5.76 Å². The number of aryl methyl sites for hydroxylation is 1. The molecule has 4 N–H and O–H groups in total. The van der Waals surface area contributed by atoms with Gasteiger partial charge in [-0.2, -0.15) is 0 Å². The molecule has 0 radical (unpaired) electrons. The van der Waals surface area contributed by atoms with Gasteiger partial charge in [-0.25, -0.2) is 0 Å². The second-order valence-electron chi connectivity index (χ2n) is 7.68. The van der Waals surface area contributed by atoms with Crippen LogP contribution in [0.15, 0.2) is 45.6 Å². The molecule has 0 bridgehead atoms. The molecule has 1 saturated heterocycles. The van der Waals surface area contributed by atoms with Crippen LogP contribution in [0.1, 0.15) is 36.3 Å². The number of nitrogens with one attached hydrogen (secondary N) is 1. The number of carbonyl (C=O) groups excluding carboxylic acids is 2.